The Hall–Kier alpha value is -1.35. The third kappa shape index (κ3) is 3.76. The van der Waals surface area contributed by atoms with Gasteiger partial charge in [-0.1, -0.05) is 43.2 Å². The van der Waals surface area contributed by atoms with Crippen LogP contribution in [0.3, 0.4) is 0 Å². The topological polar surface area (TPSA) is 55.1 Å². The summed E-state index contributed by atoms with van der Waals surface area (Å²) in [7, 11) is 0. The van der Waals surface area contributed by atoms with E-state index in [4.69, 9.17) is 5.73 Å². The molecule has 3 N–H and O–H groups in total. The van der Waals surface area contributed by atoms with Crippen LogP contribution in [0.1, 0.15) is 56.9 Å². The standard InChI is InChI=1S/C22H32N2O/c23-21-17-9-4-10-18(21)14-19(13-17)22(25)24-20-11-5-8-16(20)12-15-6-2-1-3-7-15/h1-3,6-7,16-21H,4-5,8-14,23H2,(H,24,25). The van der Waals surface area contributed by atoms with E-state index in [1.54, 1.807) is 0 Å². The highest BCUT2D eigenvalue weighted by molar-refractivity contribution is 5.79. The Morgan fingerprint density at radius 3 is 2.40 bits per heavy atom. The van der Waals surface area contributed by atoms with E-state index in [1.165, 1.54) is 37.7 Å². The predicted molar refractivity (Wildman–Crippen MR) is 101 cm³/mol. The summed E-state index contributed by atoms with van der Waals surface area (Å²) >= 11 is 0. The number of hydrogen-bond acceptors (Lipinski definition) is 2. The quantitative estimate of drug-likeness (QED) is 0.879. The number of nitrogens with two attached hydrogens (primary N) is 1. The Kier molecular flexibility index (Phi) is 5.12. The molecule has 0 spiro atoms. The Morgan fingerprint density at radius 1 is 1.00 bits per heavy atom. The summed E-state index contributed by atoms with van der Waals surface area (Å²) in [5.74, 6) is 2.26. The maximum Gasteiger partial charge on any atom is 0.223 e. The van der Waals surface area contributed by atoms with Crippen molar-refractivity contribution in [2.45, 2.75) is 69.9 Å². The van der Waals surface area contributed by atoms with Gasteiger partial charge >= 0.3 is 0 Å². The number of hydrogen-bond donors (Lipinski definition) is 2. The summed E-state index contributed by atoms with van der Waals surface area (Å²) in [4.78, 5) is 12.9. The van der Waals surface area contributed by atoms with Crippen LogP contribution < -0.4 is 11.1 Å². The maximum atomic E-state index is 12.9. The number of fused-ring (bicyclic) bond motifs is 2. The van der Waals surface area contributed by atoms with Gasteiger partial charge in [0.1, 0.15) is 0 Å². The molecule has 4 unspecified atom stereocenters. The average molecular weight is 341 g/mol. The van der Waals surface area contributed by atoms with Crippen molar-refractivity contribution < 1.29 is 4.79 Å². The molecule has 1 aromatic rings. The molecule has 3 saturated carbocycles. The third-order valence-electron chi connectivity index (χ3n) is 7.11. The second-order valence-corrected chi connectivity index (χ2v) is 8.69. The van der Waals surface area contributed by atoms with Crippen LogP contribution >= 0.6 is 0 Å². The van der Waals surface area contributed by atoms with Gasteiger partial charge in [-0.15, -0.1) is 0 Å². The zero-order chi connectivity index (χ0) is 17.2. The molecule has 0 aliphatic heterocycles. The first-order valence-corrected chi connectivity index (χ1v) is 10.3. The molecule has 0 aromatic heterocycles. The molecule has 4 rings (SSSR count). The number of benzene rings is 1. The molecule has 0 radical (unpaired) electrons. The van der Waals surface area contributed by atoms with Gasteiger partial charge in [0.15, 0.2) is 0 Å². The van der Waals surface area contributed by atoms with Gasteiger partial charge in [-0.05, 0) is 68.3 Å². The van der Waals surface area contributed by atoms with Crippen LogP contribution in [-0.2, 0) is 11.2 Å². The Bertz CT molecular complexity index is 573. The Morgan fingerprint density at radius 2 is 1.68 bits per heavy atom. The van der Waals surface area contributed by atoms with Crippen molar-refractivity contribution in [2.24, 2.45) is 29.4 Å². The normalized spacial score (nSPS) is 37.6. The summed E-state index contributed by atoms with van der Waals surface area (Å²) in [6.07, 6.45) is 10.5. The highest BCUT2D eigenvalue weighted by Crippen LogP contribution is 2.42. The largest absolute Gasteiger partial charge is 0.353 e. The van der Waals surface area contributed by atoms with Gasteiger partial charge in [-0.3, -0.25) is 4.79 Å². The fourth-order valence-corrected chi connectivity index (χ4v) is 5.69. The molecule has 3 aliphatic rings. The van der Waals surface area contributed by atoms with Crippen molar-refractivity contribution in [3.63, 3.8) is 0 Å². The number of carbonyl (C=O) groups is 1. The lowest BCUT2D eigenvalue weighted by Crippen LogP contribution is -2.50. The highest BCUT2D eigenvalue weighted by atomic mass is 16.1. The molecule has 3 heteroatoms. The van der Waals surface area contributed by atoms with E-state index in [1.807, 2.05) is 0 Å². The number of rotatable bonds is 4. The zero-order valence-electron chi connectivity index (χ0n) is 15.2. The Labute approximate surface area is 151 Å². The second kappa shape index (κ2) is 7.49. The minimum Gasteiger partial charge on any atom is -0.353 e. The minimum atomic E-state index is 0.202. The zero-order valence-corrected chi connectivity index (χ0v) is 15.2. The summed E-state index contributed by atoms with van der Waals surface area (Å²) in [6.45, 7) is 0. The summed E-state index contributed by atoms with van der Waals surface area (Å²) < 4.78 is 0. The molecule has 3 fully saturated rings. The highest BCUT2D eigenvalue weighted by Gasteiger charge is 2.41. The Balaban J connectivity index is 1.35. The summed E-state index contributed by atoms with van der Waals surface area (Å²) in [5, 5.41) is 3.44. The molecule has 1 aromatic carbocycles. The smallest absolute Gasteiger partial charge is 0.223 e. The molecule has 2 bridgehead atoms. The summed E-state index contributed by atoms with van der Waals surface area (Å²) in [5.41, 5.74) is 7.78. The molecule has 3 aliphatic carbocycles. The number of amides is 1. The van der Waals surface area contributed by atoms with Crippen LogP contribution in [0.4, 0.5) is 0 Å². The first kappa shape index (κ1) is 17.1. The molecule has 3 nitrogen and oxygen atoms in total. The molecule has 0 saturated heterocycles. The van der Waals surface area contributed by atoms with Crippen molar-refractivity contribution in [3.05, 3.63) is 35.9 Å². The van der Waals surface area contributed by atoms with Crippen molar-refractivity contribution in [1.82, 2.24) is 5.32 Å². The van der Waals surface area contributed by atoms with Crippen LogP contribution in [0, 0.1) is 23.7 Å². The van der Waals surface area contributed by atoms with E-state index < -0.39 is 0 Å². The van der Waals surface area contributed by atoms with E-state index in [0.717, 1.165) is 25.7 Å². The van der Waals surface area contributed by atoms with E-state index in [0.29, 0.717) is 35.7 Å². The van der Waals surface area contributed by atoms with E-state index in [-0.39, 0.29) is 5.92 Å². The lowest BCUT2D eigenvalue weighted by Gasteiger charge is -2.43. The van der Waals surface area contributed by atoms with E-state index in [2.05, 4.69) is 35.6 Å². The second-order valence-electron chi connectivity index (χ2n) is 8.69. The van der Waals surface area contributed by atoms with Crippen LogP contribution in [0.25, 0.3) is 0 Å². The maximum absolute atomic E-state index is 12.9. The number of nitrogens with one attached hydrogen (secondary N) is 1. The number of carbonyl (C=O) groups excluding carboxylic acids is 1. The molecular weight excluding hydrogens is 308 g/mol. The SMILES string of the molecule is NC1C2CCCC1CC(C(=O)NC1CCCC1Cc1ccccc1)C2. The van der Waals surface area contributed by atoms with E-state index in [9.17, 15) is 4.79 Å². The van der Waals surface area contributed by atoms with Gasteiger partial charge in [0.2, 0.25) is 5.91 Å². The minimum absolute atomic E-state index is 0.202. The lowest BCUT2D eigenvalue weighted by molar-refractivity contribution is -0.128. The first-order valence-electron chi connectivity index (χ1n) is 10.3. The predicted octanol–water partition coefficient (Wildman–Crippen LogP) is 3.67. The fourth-order valence-electron chi connectivity index (χ4n) is 5.69. The van der Waals surface area contributed by atoms with Crippen LogP contribution in [0.15, 0.2) is 30.3 Å². The van der Waals surface area contributed by atoms with E-state index >= 15 is 0 Å². The van der Waals surface area contributed by atoms with Crippen molar-refractivity contribution in [3.8, 4) is 0 Å². The fraction of sp³-hybridized carbons (Fsp3) is 0.682. The molecule has 1 amide bonds. The van der Waals surface area contributed by atoms with Gasteiger partial charge in [0, 0.05) is 18.0 Å². The first-order chi connectivity index (χ1) is 12.2. The van der Waals surface area contributed by atoms with Crippen molar-refractivity contribution >= 4 is 5.91 Å². The monoisotopic (exact) mass is 340 g/mol. The van der Waals surface area contributed by atoms with Gasteiger partial charge in [0.25, 0.3) is 0 Å². The molecule has 0 heterocycles. The molecule has 136 valence electrons. The average Bonchev–Trinajstić information content (AvgIpc) is 3.02. The lowest BCUT2D eigenvalue weighted by atomic mass is 9.65. The van der Waals surface area contributed by atoms with Gasteiger partial charge < -0.3 is 11.1 Å². The van der Waals surface area contributed by atoms with Crippen molar-refractivity contribution in [1.29, 1.82) is 0 Å². The molecule has 25 heavy (non-hydrogen) atoms. The van der Waals surface area contributed by atoms with Crippen LogP contribution in [0.5, 0.6) is 0 Å². The van der Waals surface area contributed by atoms with Crippen LogP contribution in [0.2, 0.25) is 0 Å². The third-order valence-corrected chi connectivity index (χ3v) is 7.11. The van der Waals surface area contributed by atoms with Gasteiger partial charge in [-0.2, -0.15) is 0 Å². The molecular formula is C22H32N2O. The van der Waals surface area contributed by atoms with Gasteiger partial charge in [0.05, 0.1) is 0 Å². The molecule has 4 atom stereocenters. The van der Waals surface area contributed by atoms with Gasteiger partial charge in [-0.25, -0.2) is 0 Å². The van der Waals surface area contributed by atoms with Crippen molar-refractivity contribution in [2.75, 3.05) is 0 Å². The van der Waals surface area contributed by atoms with Crippen LogP contribution in [-0.4, -0.2) is 18.0 Å². The summed E-state index contributed by atoms with van der Waals surface area (Å²) in [6, 6.07) is 11.4.